The van der Waals surface area contributed by atoms with Crippen LogP contribution in [0, 0.1) is 0 Å². The zero-order valence-corrected chi connectivity index (χ0v) is 10.4. The third-order valence-electron chi connectivity index (χ3n) is 2.50. The van der Waals surface area contributed by atoms with E-state index < -0.39 is 0 Å². The molecule has 15 heavy (non-hydrogen) atoms. The minimum absolute atomic E-state index is 0.0121. The summed E-state index contributed by atoms with van der Waals surface area (Å²) in [5.41, 5.74) is 0. The van der Waals surface area contributed by atoms with Crippen molar-refractivity contribution in [3.8, 4) is 0 Å². The molecule has 0 aromatic carbocycles. The van der Waals surface area contributed by atoms with E-state index in [4.69, 9.17) is 4.74 Å². The van der Waals surface area contributed by atoms with Crippen molar-refractivity contribution in [1.82, 2.24) is 4.90 Å². The number of hydrogen-bond acceptors (Lipinski definition) is 4. The van der Waals surface area contributed by atoms with Gasteiger partial charge in [0.1, 0.15) is 0 Å². The fraction of sp³-hybridized carbons (Fsp3) is 0.800. The fourth-order valence-electron chi connectivity index (χ4n) is 1.46. The topological polar surface area (TPSA) is 46.6 Å². The molecule has 1 aliphatic heterocycles. The van der Waals surface area contributed by atoms with E-state index in [-0.39, 0.29) is 28.4 Å². The second kappa shape index (κ2) is 4.43. The van der Waals surface area contributed by atoms with Crippen LogP contribution in [0.1, 0.15) is 27.2 Å². The molecule has 1 rings (SSSR count). The van der Waals surface area contributed by atoms with E-state index in [1.165, 1.54) is 11.8 Å². The molecule has 0 aromatic heterocycles. The van der Waals surface area contributed by atoms with Gasteiger partial charge in [-0.3, -0.25) is 9.59 Å². The number of thioether (sulfide) groups is 1. The molecule has 1 atom stereocenters. The van der Waals surface area contributed by atoms with Gasteiger partial charge in [0.05, 0.1) is 23.1 Å². The molecule has 0 aromatic rings. The van der Waals surface area contributed by atoms with Gasteiger partial charge >= 0.3 is 5.97 Å². The Bertz CT molecular complexity index is 278. The molecule has 0 N–H and O–H groups in total. The Morgan fingerprint density at radius 2 is 2.20 bits per heavy atom. The molecule has 0 bridgehead atoms. The highest BCUT2D eigenvalue weighted by atomic mass is 32.2. The van der Waals surface area contributed by atoms with E-state index in [1.54, 1.807) is 18.9 Å². The highest BCUT2D eigenvalue weighted by Gasteiger charge is 2.44. The van der Waals surface area contributed by atoms with Crippen LogP contribution in [0.5, 0.6) is 0 Å². The second-order valence-corrected chi connectivity index (χ2v) is 5.76. The van der Waals surface area contributed by atoms with E-state index in [0.29, 0.717) is 6.61 Å². The number of nitrogens with zero attached hydrogens (tertiary/aromatic N) is 1. The van der Waals surface area contributed by atoms with Gasteiger partial charge in [-0.2, -0.15) is 0 Å². The van der Waals surface area contributed by atoms with Gasteiger partial charge in [-0.15, -0.1) is 11.8 Å². The summed E-state index contributed by atoms with van der Waals surface area (Å²) < 4.78 is 4.83. The number of amides is 1. The summed E-state index contributed by atoms with van der Waals surface area (Å²) in [4.78, 5) is 24.5. The summed E-state index contributed by atoms with van der Waals surface area (Å²) in [7, 11) is 1.76. The number of carbonyl (C=O) groups is 2. The first-order valence-electron chi connectivity index (χ1n) is 4.99. The fourth-order valence-corrected chi connectivity index (χ4v) is 2.88. The minimum atomic E-state index is -0.297. The monoisotopic (exact) mass is 231 g/mol. The maximum Gasteiger partial charge on any atom is 0.307 e. The highest BCUT2D eigenvalue weighted by molar-refractivity contribution is 8.02. The van der Waals surface area contributed by atoms with Gasteiger partial charge in [0.15, 0.2) is 0 Å². The first-order chi connectivity index (χ1) is 6.88. The number of rotatable bonds is 3. The third kappa shape index (κ3) is 2.65. The molecule has 1 heterocycles. The SMILES string of the molecule is CCOC(=O)CC1SC(C)(C)N(C)C1=O. The van der Waals surface area contributed by atoms with E-state index in [0.717, 1.165) is 0 Å². The third-order valence-corrected chi connectivity index (χ3v) is 4.01. The summed E-state index contributed by atoms with van der Waals surface area (Å²) >= 11 is 1.51. The van der Waals surface area contributed by atoms with Gasteiger partial charge < -0.3 is 9.64 Å². The number of ether oxygens (including phenoxy) is 1. The predicted octanol–water partition coefficient (Wildman–Crippen LogP) is 1.25. The molecule has 0 spiro atoms. The Morgan fingerprint density at radius 1 is 1.60 bits per heavy atom. The number of carbonyl (C=O) groups excluding carboxylic acids is 2. The lowest BCUT2D eigenvalue weighted by atomic mass is 10.2. The average molecular weight is 231 g/mol. The number of esters is 1. The van der Waals surface area contributed by atoms with Crippen molar-refractivity contribution < 1.29 is 14.3 Å². The Labute approximate surface area is 94.3 Å². The van der Waals surface area contributed by atoms with Crippen molar-refractivity contribution in [2.24, 2.45) is 0 Å². The molecule has 1 unspecified atom stereocenters. The molecule has 0 radical (unpaired) electrons. The van der Waals surface area contributed by atoms with Crippen LogP contribution in [0.2, 0.25) is 0 Å². The van der Waals surface area contributed by atoms with Crippen molar-refractivity contribution in [1.29, 1.82) is 0 Å². The van der Waals surface area contributed by atoms with Crippen molar-refractivity contribution in [2.75, 3.05) is 13.7 Å². The molecule has 1 aliphatic rings. The predicted molar refractivity (Wildman–Crippen MR) is 59.5 cm³/mol. The standard InChI is InChI=1S/C10H17NO3S/c1-5-14-8(12)6-7-9(13)11(4)10(2,3)15-7/h7H,5-6H2,1-4H3. The average Bonchev–Trinajstić information content (AvgIpc) is 2.30. The zero-order valence-electron chi connectivity index (χ0n) is 9.57. The molecule has 1 amide bonds. The van der Waals surface area contributed by atoms with Gasteiger partial charge in [-0.1, -0.05) is 0 Å². The summed E-state index contributed by atoms with van der Waals surface area (Å²) in [6.07, 6.45) is 0.172. The Morgan fingerprint density at radius 3 is 2.60 bits per heavy atom. The summed E-state index contributed by atoms with van der Waals surface area (Å²) in [5.74, 6) is -0.285. The highest BCUT2D eigenvalue weighted by Crippen LogP contribution is 2.40. The molecule has 1 fully saturated rings. The van der Waals surface area contributed by atoms with Crippen LogP contribution in [0.4, 0.5) is 0 Å². The van der Waals surface area contributed by atoms with Crippen LogP contribution in [0.15, 0.2) is 0 Å². The molecular weight excluding hydrogens is 214 g/mol. The van der Waals surface area contributed by atoms with Crippen LogP contribution >= 0.6 is 11.8 Å². The second-order valence-electron chi connectivity index (χ2n) is 3.96. The van der Waals surface area contributed by atoms with Crippen LogP contribution < -0.4 is 0 Å². The first-order valence-corrected chi connectivity index (χ1v) is 5.87. The van der Waals surface area contributed by atoms with Crippen LogP contribution in [-0.2, 0) is 14.3 Å². The van der Waals surface area contributed by atoms with Crippen LogP contribution in [0.3, 0.4) is 0 Å². The van der Waals surface area contributed by atoms with Crippen molar-refractivity contribution >= 4 is 23.6 Å². The number of hydrogen-bond donors (Lipinski definition) is 0. The normalized spacial score (nSPS) is 24.4. The maximum atomic E-state index is 11.8. The molecule has 4 nitrogen and oxygen atoms in total. The molecular formula is C10H17NO3S. The Hall–Kier alpha value is -0.710. The lowest BCUT2D eigenvalue weighted by Gasteiger charge is -2.25. The van der Waals surface area contributed by atoms with Crippen molar-refractivity contribution in [3.63, 3.8) is 0 Å². The molecule has 0 aliphatic carbocycles. The van der Waals surface area contributed by atoms with Crippen LogP contribution in [0.25, 0.3) is 0 Å². The van der Waals surface area contributed by atoms with E-state index in [1.807, 2.05) is 13.8 Å². The quantitative estimate of drug-likeness (QED) is 0.686. The molecule has 5 heteroatoms. The summed E-state index contributed by atoms with van der Waals surface area (Å²) in [6.45, 7) is 6.07. The van der Waals surface area contributed by atoms with Crippen LogP contribution in [-0.4, -0.2) is 40.6 Å². The largest absolute Gasteiger partial charge is 0.466 e. The molecule has 0 saturated carbocycles. The lowest BCUT2D eigenvalue weighted by Crippen LogP contribution is -2.36. The summed E-state index contributed by atoms with van der Waals surface area (Å²) in [5, 5.41) is -0.288. The molecule has 1 saturated heterocycles. The Balaban J connectivity index is 2.59. The van der Waals surface area contributed by atoms with Gasteiger partial charge in [0.2, 0.25) is 5.91 Å². The van der Waals surface area contributed by atoms with Gasteiger partial charge in [-0.05, 0) is 20.8 Å². The van der Waals surface area contributed by atoms with Gasteiger partial charge in [0.25, 0.3) is 0 Å². The van der Waals surface area contributed by atoms with E-state index >= 15 is 0 Å². The zero-order chi connectivity index (χ0) is 11.6. The van der Waals surface area contributed by atoms with E-state index in [2.05, 4.69) is 0 Å². The molecule has 86 valence electrons. The first kappa shape index (κ1) is 12.4. The maximum absolute atomic E-state index is 11.8. The van der Waals surface area contributed by atoms with E-state index in [9.17, 15) is 9.59 Å². The van der Waals surface area contributed by atoms with Gasteiger partial charge in [-0.25, -0.2) is 0 Å². The van der Waals surface area contributed by atoms with Crippen molar-refractivity contribution in [2.45, 2.75) is 37.3 Å². The van der Waals surface area contributed by atoms with Crippen molar-refractivity contribution in [3.05, 3.63) is 0 Å². The minimum Gasteiger partial charge on any atom is -0.466 e. The smallest absolute Gasteiger partial charge is 0.307 e. The van der Waals surface area contributed by atoms with Gasteiger partial charge in [0, 0.05) is 7.05 Å². The Kier molecular flexibility index (Phi) is 3.65. The summed E-state index contributed by atoms with van der Waals surface area (Å²) in [6, 6.07) is 0. The lowest BCUT2D eigenvalue weighted by molar-refractivity contribution is -0.145.